The Bertz CT molecular complexity index is 436. The van der Waals surface area contributed by atoms with Crippen LogP contribution in [0.15, 0.2) is 22.3 Å². The predicted octanol–water partition coefficient (Wildman–Crippen LogP) is 1.21. The SMILES string of the molecule is CC/C(C)=C1\C(=O)NC(=O)C(C#N)=C1C. The molecule has 1 aliphatic heterocycles. The molecule has 0 bridgehead atoms. The molecule has 0 saturated carbocycles. The Morgan fingerprint density at radius 1 is 1.40 bits per heavy atom. The number of nitrogens with zero attached hydrogens (tertiary/aromatic N) is 1. The zero-order chi connectivity index (χ0) is 11.6. The zero-order valence-electron chi connectivity index (χ0n) is 8.97. The van der Waals surface area contributed by atoms with Crippen LogP contribution in [0.25, 0.3) is 0 Å². The van der Waals surface area contributed by atoms with Gasteiger partial charge in [-0.25, -0.2) is 0 Å². The van der Waals surface area contributed by atoms with Crippen LogP contribution in [0, 0.1) is 11.3 Å². The summed E-state index contributed by atoms with van der Waals surface area (Å²) in [5, 5.41) is 10.9. The van der Waals surface area contributed by atoms with E-state index in [9.17, 15) is 9.59 Å². The van der Waals surface area contributed by atoms with Crippen LogP contribution < -0.4 is 5.32 Å². The largest absolute Gasteiger partial charge is 0.288 e. The quantitative estimate of drug-likeness (QED) is 0.515. The molecule has 0 saturated heterocycles. The van der Waals surface area contributed by atoms with E-state index in [4.69, 9.17) is 5.26 Å². The number of carbonyl (C=O) groups is 2. The highest BCUT2D eigenvalue weighted by Gasteiger charge is 2.28. The van der Waals surface area contributed by atoms with E-state index in [0.717, 1.165) is 5.57 Å². The summed E-state index contributed by atoms with van der Waals surface area (Å²) in [4.78, 5) is 22.8. The van der Waals surface area contributed by atoms with Gasteiger partial charge in [-0.15, -0.1) is 0 Å². The summed E-state index contributed by atoms with van der Waals surface area (Å²) in [6.45, 7) is 5.37. The van der Waals surface area contributed by atoms with Gasteiger partial charge in [0.2, 0.25) is 0 Å². The monoisotopic (exact) mass is 204 g/mol. The Morgan fingerprint density at radius 2 is 2.00 bits per heavy atom. The van der Waals surface area contributed by atoms with Crippen molar-refractivity contribution in [3.8, 4) is 6.07 Å². The number of allylic oxidation sites excluding steroid dienone is 1. The fourth-order valence-electron chi connectivity index (χ4n) is 1.52. The van der Waals surface area contributed by atoms with Crippen LogP contribution in [-0.4, -0.2) is 11.8 Å². The highest BCUT2D eigenvalue weighted by molar-refractivity contribution is 6.18. The number of imide groups is 1. The molecule has 1 heterocycles. The van der Waals surface area contributed by atoms with E-state index in [-0.39, 0.29) is 5.57 Å². The van der Waals surface area contributed by atoms with Crippen molar-refractivity contribution in [2.24, 2.45) is 0 Å². The molecule has 4 heteroatoms. The average molecular weight is 204 g/mol. The van der Waals surface area contributed by atoms with Crippen LogP contribution in [0.2, 0.25) is 0 Å². The third-order valence-electron chi connectivity index (χ3n) is 2.50. The second-order valence-electron chi connectivity index (χ2n) is 3.40. The van der Waals surface area contributed by atoms with Gasteiger partial charge in [0.15, 0.2) is 0 Å². The van der Waals surface area contributed by atoms with E-state index in [1.54, 1.807) is 6.92 Å². The number of amides is 2. The number of rotatable bonds is 1. The molecule has 0 aromatic rings. The number of nitriles is 1. The Morgan fingerprint density at radius 3 is 2.47 bits per heavy atom. The molecule has 0 spiro atoms. The fourth-order valence-corrected chi connectivity index (χ4v) is 1.52. The van der Waals surface area contributed by atoms with E-state index >= 15 is 0 Å². The third-order valence-corrected chi connectivity index (χ3v) is 2.50. The molecule has 0 aromatic carbocycles. The van der Waals surface area contributed by atoms with Crippen LogP contribution in [0.4, 0.5) is 0 Å². The molecule has 1 aliphatic rings. The summed E-state index contributed by atoms with van der Waals surface area (Å²) in [6, 6.07) is 1.81. The Kier molecular flexibility index (Phi) is 3.05. The van der Waals surface area contributed by atoms with Gasteiger partial charge in [0.05, 0.1) is 0 Å². The lowest BCUT2D eigenvalue weighted by Gasteiger charge is -2.17. The summed E-state index contributed by atoms with van der Waals surface area (Å²) in [5.41, 5.74) is 1.85. The molecule has 0 aliphatic carbocycles. The lowest BCUT2D eigenvalue weighted by Crippen LogP contribution is -2.38. The first-order valence-electron chi connectivity index (χ1n) is 4.69. The van der Waals surface area contributed by atoms with Gasteiger partial charge in [-0.05, 0) is 25.8 Å². The van der Waals surface area contributed by atoms with Crippen LogP contribution in [-0.2, 0) is 9.59 Å². The molecule has 0 radical (unpaired) electrons. The Labute approximate surface area is 88.3 Å². The van der Waals surface area contributed by atoms with E-state index in [0.29, 0.717) is 17.6 Å². The molecular weight excluding hydrogens is 192 g/mol. The molecule has 0 unspecified atom stereocenters. The third kappa shape index (κ3) is 1.82. The number of nitrogens with one attached hydrogen (secondary N) is 1. The van der Waals surface area contributed by atoms with Crippen molar-refractivity contribution < 1.29 is 9.59 Å². The molecule has 4 nitrogen and oxygen atoms in total. The lowest BCUT2D eigenvalue weighted by atomic mass is 9.92. The Balaban J connectivity index is 3.44. The van der Waals surface area contributed by atoms with Gasteiger partial charge in [0.1, 0.15) is 11.6 Å². The van der Waals surface area contributed by atoms with Crippen molar-refractivity contribution in [3.05, 3.63) is 22.3 Å². The van der Waals surface area contributed by atoms with E-state index < -0.39 is 11.8 Å². The first-order valence-corrected chi connectivity index (χ1v) is 4.69. The van der Waals surface area contributed by atoms with Gasteiger partial charge in [-0.2, -0.15) is 5.26 Å². The first-order chi connectivity index (χ1) is 7.02. The maximum atomic E-state index is 11.5. The molecule has 1 rings (SSSR count). The van der Waals surface area contributed by atoms with Crippen LogP contribution >= 0.6 is 0 Å². The smallest absolute Gasteiger partial charge is 0.269 e. The number of carbonyl (C=O) groups excluding carboxylic acids is 2. The van der Waals surface area contributed by atoms with Gasteiger partial charge in [-0.1, -0.05) is 12.5 Å². The van der Waals surface area contributed by atoms with E-state index in [1.165, 1.54) is 0 Å². The lowest BCUT2D eigenvalue weighted by molar-refractivity contribution is -0.126. The minimum absolute atomic E-state index is 0.0254. The molecular formula is C11H12N2O2. The van der Waals surface area contributed by atoms with Gasteiger partial charge >= 0.3 is 0 Å². The summed E-state index contributed by atoms with van der Waals surface area (Å²) >= 11 is 0. The van der Waals surface area contributed by atoms with Gasteiger partial charge in [0.25, 0.3) is 11.8 Å². The highest BCUT2D eigenvalue weighted by atomic mass is 16.2. The normalized spacial score (nSPS) is 19.9. The summed E-state index contributed by atoms with van der Waals surface area (Å²) < 4.78 is 0. The molecule has 0 fully saturated rings. The number of hydrogen-bond acceptors (Lipinski definition) is 3. The van der Waals surface area contributed by atoms with Crippen molar-refractivity contribution in [3.63, 3.8) is 0 Å². The fraction of sp³-hybridized carbons (Fsp3) is 0.364. The first kappa shape index (κ1) is 11.2. The van der Waals surface area contributed by atoms with Crippen molar-refractivity contribution in [1.82, 2.24) is 5.32 Å². The second kappa shape index (κ2) is 4.09. The minimum Gasteiger partial charge on any atom is -0.288 e. The zero-order valence-corrected chi connectivity index (χ0v) is 8.97. The van der Waals surface area contributed by atoms with Gasteiger partial charge in [-0.3, -0.25) is 14.9 Å². The minimum atomic E-state index is -0.604. The Hall–Kier alpha value is -1.89. The van der Waals surface area contributed by atoms with Crippen LogP contribution in [0.5, 0.6) is 0 Å². The summed E-state index contributed by atoms with van der Waals surface area (Å²) in [7, 11) is 0. The van der Waals surface area contributed by atoms with Crippen molar-refractivity contribution in [2.45, 2.75) is 27.2 Å². The topological polar surface area (TPSA) is 70.0 Å². The molecule has 2 amide bonds. The van der Waals surface area contributed by atoms with Crippen molar-refractivity contribution >= 4 is 11.8 Å². The van der Waals surface area contributed by atoms with Crippen LogP contribution in [0.3, 0.4) is 0 Å². The van der Waals surface area contributed by atoms with Crippen molar-refractivity contribution in [1.29, 1.82) is 5.26 Å². The van der Waals surface area contributed by atoms with E-state index in [2.05, 4.69) is 5.32 Å². The van der Waals surface area contributed by atoms with Gasteiger partial charge in [0, 0.05) is 5.57 Å². The maximum Gasteiger partial charge on any atom is 0.269 e. The molecule has 78 valence electrons. The average Bonchev–Trinajstić information content (AvgIpc) is 2.17. The highest BCUT2D eigenvalue weighted by Crippen LogP contribution is 2.23. The standard InChI is InChI=1S/C11H12N2O2/c1-4-6(2)9-7(3)8(5-12)10(14)13-11(9)15/h4H2,1-3H3,(H,13,14,15)/b9-6-. The molecule has 15 heavy (non-hydrogen) atoms. The van der Waals surface area contributed by atoms with Crippen LogP contribution in [0.1, 0.15) is 27.2 Å². The summed E-state index contributed by atoms with van der Waals surface area (Å²) in [5.74, 6) is -1.01. The number of hydrogen-bond donors (Lipinski definition) is 1. The molecule has 0 aromatic heterocycles. The van der Waals surface area contributed by atoms with Crippen molar-refractivity contribution in [2.75, 3.05) is 0 Å². The summed E-state index contributed by atoms with van der Waals surface area (Å²) in [6.07, 6.45) is 0.715. The van der Waals surface area contributed by atoms with E-state index in [1.807, 2.05) is 19.9 Å². The molecule has 1 N–H and O–H groups in total. The van der Waals surface area contributed by atoms with Gasteiger partial charge < -0.3 is 0 Å². The molecule has 0 atom stereocenters. The predicted molar refractivity (Wildman–Crippen MR) is 54.5 cm³/mol. The maximum absolute atomic E-state index is 11.5. The second-order valence-corrected chi connectivity index (χ2v) is 3.40.